The van der Waals surface area contributed by atoms with Crippen LogP contribution in [0.3, 0.4) is 0 Å². The van der Waals surface area contributed by atoms with E-state index in [4.69, 9.17) is 11.6 Å². The highest BCUT2D eigenvalue weighted by Crippen LogP contribution is 2.20. The Labute approximate surface area is 124 Å². The van der Waals surface area contributed by atoms with E-state index in [0.29, 0.717) is 5.95 Å². The Morgan fingerprint density at radius 3 is 2.85 bits per heavy atom. The van der Waals surface area contributed by atoms with Crippen LogP contribution in [0.1, 0.15) is 18.1 Å². The molecule has 0 spiro atoms. The van der Waals surface area contributed by atoms with E-state index in [0.717, 1.165) is 35.1 Å². The van der Waals surface area contributed by atoms with Gasteiger partial charge in [-0.1, -0.05) is 23.7 Å². The number of hydrogen-bond donors (Lipinski definition) is 1. The molecule has 1 heterocycles. The molecular formula is C15H19ClN4. The van der Waals surface area contributed by atoms with Crippen LogP contribution in [0, 0.1) is 6.92 Å². The number of halogens is 1. The predicted octanol–water partition coefficient (Wildman–Crippen LogP) is 3.51. The van der Waals surface area contributed by atoms with Gasteiger partial charge in [-0.25, -0.2) is 4.98 Å². The van der Waals surface area contributed by atoms with Gasteiger partial charge in [0.25, 0.3) is 0 Å². The van der Waals surface area contributed by atoms with Crippen molar-refractivity contribution in [1.29, 1.82) is 0 Å². The van der Waals surface area contributed by atoms with Crippen molar-refractivity contribution in [3.63, 3.8) is 0 Å². The summed E-state index contributed by atoms with van der Waals surface area (Å²) in [7, 11) is 2.02. The summed E-state index contributed by atoms with van der Waals surface area (Å²) in [6.07, 6.45) is 1.84. The van der Waals surface area contributed by atoms with Gasteiger partial charge in [0, 0.05) is 36.9 Å². The molecule has 0 bridgehead atoms. The lowest BCUT2D eigenvalue weighted by atomic mass is 10.2. The maximum Gasteiger partial charge on any atom is 0.224 e. The number of aryl methyl sites for hydroxylation is 1. The third kappa shape index (κ3) is 3.61. The van der Waals surface area contributed by atoms with Crippen LogP contribution in [0.4, 0.5) is 11.8 Å². The molecule has 0 fully saturated rings. The molecule has 0 aliphatic rings. The zero-order chi connectivity index (χ0) is 14.5. The van der Waals surface area contributed by atoms with Gasteiger partial charge in [0.05, 0.1) is 0 Å². The average molecular weight is 291 g/mol. The van der Waals surface area contributed by atoms with E-state index in [9.17, 15) is 0 Å². The van der Waals surface area contributed by atoms with Crippen LogP contribution in [-0.4, -0.2) is 23.6 Å². The molecule has 2 aromatic rings. The summed E-state index contributed by atoms with van der Waals surface area (Å²) in [6.45, 7) is 5.60. The number of rotatable bonds is 5. The molecule has 1 N–H and O–H groups in total. The standard InChI is InChI=1S/C15H19ClN4/c1-4-17-15-18-9-11(2)14(19-15)20(3)10-12-6-5-7-13(16)8-12/h5-9H,4,10H2,1-3H3,(H,17,18,19). The highest BCUT2D eigenvalue weighted by Gasteiger charge is 2.09. The molecular weight excluding hydrogens is 272 g/mol. The fraction of sp³-hybridized carbons (Fsp3) is 0.333. The summed E-state index contributed by atoms with van der Waals surface area (Å²) >= 11 is 6.02. The fourth-order valence-corrected chi connectivity index (χ4v) is 2.26. The molecule has 0 saturated carbocycles. The second kappa shape index (κ2) is 6.57. The van der Waals surface area contributed by atoms with Crippen LogP contribution < -0.4 is 10.2 Å². The predicted molar refractivity (Wildman–Crippen MR) is 84.5 cm³/mol. The van der Waals surface area contributed by atoms with Crippen LogP contribution in [-0.2, 0) is 6.54 Å². The van der Waals surface area contributed by atoms with Crippen LogP contribution in [0.5, 0.6) is 0 Å². The zero-order valence-electron chi connectivity index (χ0n) is 12.0. The second-order valence-electron chi connectivity index (χ2n) is 4.72. The quantitative estimate of drug-likeness (QED) is 0.915. The summed E-state index contributed by atoms with van der Waals surface area (Å²) in [5.74, 6) is 1.59. The lowest BCUT2D eigenvalue weighted by Crippen LogP contribution is -2.20. The number of anilines is 2. The maximum absolute atomic E-state index is 6.02. The highest BCUT2D eigenvalue weighted by molar-refractivity contribution is 6.30. The zero-order valence-corrected chi connectivity index (χ0v) is 12.8. The van der Waals surface area contributed by atoms with E-state index in [1.54, 1.807) is 0 Å². The Bertz CT molecular complexity index is 586. The van der Waals surface area contributed by atoms with Crippen molar-refractivity contribution in [2.75, 3.05) is 23.8 Å². The lowest BCUT2D eigenvalue weighted by molar-refractivity contribution is 0.881. The van der Waals surface area contributed by atoms with E-state index < -0.39 is 0 Å². The molecule has 2 rings (SSSR count). The molecule has 0 radical (unpaired) electrons. The van der Waals surface area contributed by atoms with Crippen molar-refractivity contribution in [2.45, 2.75) is 20.4 Å². The molecule has 0 aliphatic heterocycles. The number of aromatic nitrogens is 2. The molecule has 4 nitrogen and oxygen atoms in total. The summed E-state index contributed by atoms with van der Waals surface area (Å²) in [4.78, 5) is 10.9. The van der Waals surface area contributed by atoms with E-state index in [-0.39, 0.29) is 0 Å². The molecule has 1 aromatic carbocycles. The van der Waals surface area contributed by atoms with Gasteiger partial charge in [-0.05, 0) is 31.5 Å². The molecule has 106 valence electrons. The van der Waals surface area contributed by atoms with Crippen molar-refractivity contribution in [3.05, 3.63) is 46.6 Å². The molecule has 0 saturated heterocycles. The minimum atomic E-state index is 0.658. The van der Waals surface area contributed by atoms with Gasteiger partial charge in [0.2, 0.25) is 5.95 Å². The van der Waals surface area contributed by atoms with E-state index >= 15 is 0 Å². The summed E-state index contributed by atoms with van der Waals surface area (Å²) in [5, 5.41) is 3.89. The van der Waals surface area contributed by atoms with Gasteiger partial charge in [-0.2, -0.15) is 4.98 Å². The smallest absolute Gasteiger partial charge is 0.224 e. The Hall–Kier alpha value is -1.81. The first-order valence-electron chi connectivity index (χ1n) is 6.63. The lowest BCUT2D eigenvalue weighted by Gasteiger charge is -2.20. The fourth-order valence-electron chi connectivity index (χ4n) is 2.05. The third-order valence-corrected chi connectivity index (χ3v) is 3.19. The first kappa shape index (κ1) is 14.6. The Kier molecular flexibility index (Phi) is 4.79. The normalized spacial score (nSPS) is 10.4. The van der Waals surface area contributed by atoms with Crippen molar-refractivity contribution in [2.24, 2.45) is 0 Å². The largest absolute Gasteiger partial charge is 0.355 e. The van der Waals surface area contributed by atoms with Gasteiger partial charge in [0.1, 0.15) is 5.82 Å². The van der Waals surface area contributed by atoms with Crippen molar-refractivity contribution in [1.82, 2.24) is 9.97 Å². The van der Waals surface area contributed by atoms with Gasteiger partial charge in [-0.3, -0.25) is 0 Å². The number of benzene rings is 1. The van der Waals surface area contributed by atoms with Gasteiger partial charge in [0.15, 0.2) is 0 Å². The Balaban J connectivity index is 2.19. The first-order chi connectivity index (χ1) is 9.60. The topological polar surface area (TPSA) is 41.1 Å². The molecule has 0 aliphatic carbocycles. The summed E-state index contributed by atoms with van der Waals surface area (Å²) in [5.41, 5.74) is 2.21. The van der Waals surface area contributed by atoms with Gasteiger partial charge >= 0.3 is 0 Å². The number of hydrogen-bond acceptors (Lipinski definition) is 4. The molecule has 0 atom stereocenters. The molecule has 0 amide bonds. The van der Waals surface area contributed by atoms with E-state index in [2.05, 4.69) is 26.3 Å². The number of nitrogens with zero attached hydrogens (tertiary/aromatic N) is 3. The van der Waals surface area contributed by atoms with Crippen LogP contribution in [0.2, 0.25) is 5.02 Å². The van der Waals surface area contributed by atoms with E-state index in [1.165, 1.54) is 0 Å². The van der Waals surface area contributed by atoms with Crippen molar-refractivity contribution < 1.29 is 0 Å². The summed E-state index contributed by atoms with van der Waals surface area (Å²) < 4.78 is 0. The van der Waals surface area contributed by atoms with Crippen LogP contribution >= 0.6 is 11.6 Å². The maximum atomic E-state index is 6.02. The Morgan fingerprint density at radius 1 is 1.35 bits per heavy atom. The molecule has 20 heavy (non-hydrogen) atoms. The minimum absolute atomic E-state index is 0.658. The van der Waals surface area contributed by atoms with Gasteiger partial charge in [-0.15, -0.1) is 0 Å². The monoisotopic (exact) mass is 290 g/mol. The second-order valence-corrected chi connectivity index (χ2v) is 5.15. The van der Waals surface area contributed by atoms with Gasteiger partial charge < -0.3 is 10.2 Å². The van der Waals surface area contributed by atoms with E-state index in [1.807, 2.05) is 45.3 Å². The Morgan fingerprint density at radius 2 is 2.15 bits per heavy atom. The summed E-state index contributed by atoms with van der Waals surface area (Å²) in [6, 6.07) is 7.87. The number of nitrogens with one attached hydrogen (secondary N) is 1. The van der Waals surface area contributed by atoms with Crippen LogP contribution in [0.25, 0.3) is 0 Å². The SMILES string of the molecule is CCNc1ncc(C)c(N(C)Cc2cccc(Cl)c2)n1. The first-order valence-corrected chi connectivity index (χ1v) is 7.01. The van der Waals surface area contributed by atoms with Crippen LogP contribution in [0.15, 0.2) is 30.5 Å². The molecule has 1 aromatic heterocycles. The minimum Gasteiger partial charge on any atom is -0.355 e. The molecule has 5 heteroatoms. The van der Waals surface area contributed by atoms with Crippen molar-refractivity contribution in [3.8, 4) is 0 Å². The third-order valence-electron chi connectivity index (χ3n) is 2.95. The van der Waals surface area contributed by atoms with Crippen molar-refractivity contribution >= 4 is 23.4 Å². The highest BCUT2D eigenvalue weighted by atomic mass is 35.5. The molecule has 0 unspecified atom stereocenters. The average Bonchev–Trinajstić information content (AvgIpc) is 2.41.